The normalized spacial score (nSPS) is 10.4. The molecule has 0 aliphatic rings. The predicted octanol–water partition coefficient (Wildman–Crippen LogP) is 4.01. The van der Waals surface area contributed by atoms with Gasteiger partial charge in [-0.15, -0.1) is 0 Å². The first-order valence-corrected chi connectivity index (χ1v) is 8.78. The average molecular weight is 384 g/mol. The topological polar surface area (TPSA) is 73.2 Å². The van der Waals surface area contributed by atoms with Gasteiger partial charge in [-0.25, -0.2) is 4.79 Å². The summed E-state index contributed by atoms with van der Waals surface area (Å²) in [6.45, 7) is 2.65. The van der Waals surface area contributed by atoms with Crippen LogP contribution in [0.2, 0.25) is 5.02 Å². The van der Waals surface area contributed by atoms with E-state index in [9.17, 15) is 9.59 Å². The van der Waals surface area contributed by atoms with Gasteiger partial charge < -0.3 is 10.1 Å². The number of rotatable bonds is 6. The zero-order valence-electron chi connectivity index (χ0n) is 14.7. The second-order valence-electron chi connectivity index (χ2n) is 5.81. The van der Waals surface area contributed by atoms with E-state index in [1.807, 2.05) is 12.1 Å². The number of carbonyl (C=O) groups excluding carboxylic acids is 2. The number of amides is 1. The summed E-state index contributed by atoms with van der Waals surface area (Å²) in [4.78, 5) is 24.0. The van der Waals surface area contributed by atoms with E-state index in [-0.39, 0.29) is 11.9 Å². The van der Waals surface area contributed by atoms with Crippen molar-refractivity contribution >= 4 is 29.2 Å². The molecule has 0 bridgehead atoms. The molecule has 1 aromatic heterocycles. The molecule has 0 spiro atoms. The molecule has 0 fully saturated rings. The molecular weight excluding hydrogens is 366 g/mol. The Balaban J connectivity index is 1.61. The molecule has 3 rings (SSSR count). The number of benzene rings is 2. The third-order valence-corrected chi connectivity index (χ3v) is 4.01. The maximum atomic E-state index is 12.4. The number of nitrogens with one attached hydrogen (secondary N) is 1. The molecule has 0 aliphatic carbocycles. The van der Waals surface area contributed by atoms with Crippen LogP contribution in [-0.2, 0) is 11.3 Å². The Morgan fingerprint density at radius 3 is 2.33 bits per heavy atom. The summed E-state index contributed by atoms with van der Waals surface area (Å²) in [6.07, 6.45) is 3.32. The van der Waals surface area contributed by atoms with Crippen LogP contribution in [0.4, 0.5) is 5.69 Å². The van der Waals surface area contributed by atoms with Gasteiger partial charge in [0.15, 0.2) is 0 Å². The van der Waals surface area contributed by atoms with E-state index in [0.29, 0.717) is 35.0 Å². The SMILES string of the molecule is CCOC(=O)c1ccc(NC(=O)c2ccc(Cn3cc(Cl)cn3)cc2)cc1. The number of aromatic nitrogens is 2. The number of ether oxygens (including phenoxy) is 1. The predicted molar refractivity (Wildman–Crippen MR) is 103 cm³/mol. The minimum Gasteiger partial charge on any atom is -0.462 e. The van der Waals surface area contributed by atoms with Crippen LogP contribution in [0.15, 0.2) is 60.9 Å². The van der Waals surface area contributed by atoms with E-state index in [4.69, 9.17) is 16.3 Å². The van der Waals surface area contributed by atoms with E-state index in [0.717, 1.165) is 5.56 Å². The number of anilines is 1. The van der Waals surface area contributed by atoms with Gasteiger partial charge in [-0.1, -0.05) is 23.7 Å². The minimum absolute atomic E-state index is 0.229. The summed E-state index contributed by atoms with van der Waals surface area (Å²) in [7, 11) is 0. The summed E-state index contributed by atoms with van der Waals surface area (Å²) >= 11 is 5.85. The number of halogens is 1. The van der Waals surface area contributed by atoms with Crippen molar-refractivity contribution in [3.63, 3.8) is 0 Å². The molecule has 0 radical (unpaired) electrons. The van der Waals surface area contributed by atoms with Gasteiger partial charge in [0.2, 0.25) is 0 Å². The van der Waals surface area contributed by atoms with Crippen molar-refractivity contribution in [2.24, 2.45) is 0 Å². The fourth-order valence-electron chi connectivity index (χ4n) is 2.48. The van der Waals surface area contributed by atoms with Crippen molar-refractivity contribution in [1.29, 1.82) is 0 Å². The Hall–Kier alpha value is -3.12. The molecular formula is C20H18ClN3O3. The number of hydrogen-bond acceptors (Lipinski definition) is 4. The smallest absolute Gasteiger partial charge is 0.338 e. The molecule has 1 N–H and O–H groups in total. The van der Waals surface area contributed by atoms with Crippen LogP contribution in [0.5, 0.6) is 0 Å². The maximum Gasteiger partial charge on any atom is 0.338 e. The molecule has 2 aromatic carbocycles. The Morgan fingerprint density at radius 2 is 1.74 bits per heavy atom. The first kappa shape index (κ1) is 18.7. The van der Waals surface area contributed by atoms with Gasteiger partial charge in [-0.05, 0) is 48.9 Å². The fourth-order valence-corrected chi connectivity index (χ4v) is 2.64. The van der Waals surface area contributed by atoms with Crippen molar-refractivity contribution in [2.45, 2.75) is 13.5 Å². The maximum absolute atomic E-state index is 12.4. The van der Waals surface area contributed by atoms with Crippen LogP contribution in [-0.4, -0.2) is 28.3 Å². The number of esters is 1. The van der Waals surface area contributed by atoms with Gasteiger partial charge in [-0.2, -0.15) is 5.10 Å². The Labute approximate surface area is 161 Å². The van der Waals surface area contributed by atoms with Crippen LogP contribution in [0.3, 0.4) is 0 Å². The van der Waals surface area contributed by atoms with Crippen molar-refractivity contribution in [3.8, 4) is 0 Å². The van der Waals surface area contributed by atoms with E-state index in [1.54, 1.807) is 60.4 Å². The largest absolute Gasteiger partial charge is 0.462 e. The van der Waals surface area contributed by atoms with Gasteiger partial charge in [0.1, 0.15) is 0 Å². The zero-order chi connectivity index (χ0) is 19.2. The third-order valence-electron chi connectivity index (χ3n) is 3.82. The highest BCUT2D eigenvalue weighted by molar-refractivity contribution is 6.30. The molecule has 1 amide bonds. The molecule has 27 heavy (non-hydrogen) atoms. The second-order valence-corrected chi connectivity index (χ2v) is 6.24. The highest BCUT2D eigenvalue weighted by Crippen LogP contribution is 2.14. The third kappa shape index (κ3) is 4.95. The Bertz CT molecular complexity index is 934. The van der Waals surface area contributed by atoms with Crippen molar-refractivity contribution in [3.05, 3.63) is 82.6 Å². The average Bonchev–Trinajstić information content (AvgIpc) is 3.08. The quantitative estimate of drug-likeness (QED) is 0.652. The van der Waals surface area contributed by atoms with Crippen LogP contribution < -0.4 is 5.32 Å². The summed E-state index contributed by atoms with van der Waals surface area (Å²) in [5.41, 5.74) is 2.58. The molecule has 0 saturated carbocycles. The van der Waals surface area contributed by atoms with Crippen molar-refractivity contribution < 1.29 is 14.3 Å². The monoisotopic (exact) mass is 383 g/mol. The number of hydrogen-bond donors (Lipinski definition) is 1. The zero-order valence-corrected chi connectivity index (χ0v) is 15.4. The van der Waals surface area contributed by atoms with Gasteiger partial charge in [0.25, 0.3) is 5.91 Å². The van der Waals surface area contributed by atoms with E-state index >= 15 is 0 Å². The highest BCUT2D eigenvalue weighted by atomic mass is 35.5. The Morgan fingerprint density at radius 1 is 1.07 bits per heavy atom. The molecule has 7 heteroatoms. The summed E-state index contributed by atoms with van der Waals surface area (Å²) in [6, 6.07) is 13.8. The molecule has 0 atom stereocenters. The number of carbonyl (C=O) groups is 2. The minimum atomic E-state index is -0.385. The van der Waals surface area contributed by atoms with Crippen LogP contribution in [0.25, 0.3) is 0 Å². The molecule has 1 heterocycles. The van der Waals surface area contributed by atoms with E-state index in [2.05, 4.69) is 10.4 Å². The lowest BCUT2D eigenvalue weighted by molar-refractivity contribution is 0.0526. The molecule has 6 nitrogen and oxygen atoms in total. The lowest BCUT2D eigenvalue weighted by atomic mass is 10.1. The van der Waals surface area contributed by atoms with Crippen LogP contribution >= 0.6 is 11.6 Å². The number of nitrogens with zero attached hydrogens (tertiary/aromatic N) is 2. The first-order chi connectivity index (χ1) is 13.0. The lowest BCUT2D eigenvalue weighted by Crippen LogP contribution is -2.12. The summed E-state index contributed by atoms with van der Waals surface area (Å²) in [5, 5.41) is 7.51. The second kappa shape index (κ2) is 8.51. The lowest BCUT2D eigenvalue weighted by Gasteiger charge is -2.08. The summed E-state index contributed by atoms with van der Waals surface area (Å²) < 4.78 is 6.66. The van der Waals surface area contributed by atoms with Crippen molar-refractivity contribution in [2.75, 3.05) is 11.9 Å². The highest BCUT2D eigenvalue weighted by Gasteiger charge is 2.09. The fraction of sp³-hybridized carbons (Fsp3) is 0.150. The molecule has 3 aromatic rings. The molecule has 0 aliphatic heterocycles. The first-order valence-electron chi connectivity index (χ1n) is 8.40. The van der Waals surface area contributed by atoms with E-state index in [1.165, 1.54) is 0 Å². The van der Waals surface area contributed by atoms with Crippen molar-refractivity contribution in [1.82, 2.24) is 9.78 Å². The molecule has 0 unspecified atom stereocenters. The molecule has 138 valence electrons. The van der Waals surface area contributed by atoms with Crippen LogP contribution in [0, 0.1) is 0 Å². The van der Waals surface area contributed by atoms with Crippen LogP contribution in [0.1, 0.15) is 33.2 Å². The van der Waals surface area contributed by atoms with Gasteiger partial charge >= 0.3 is 5.97 Å². The van der Waals surface area contributed by atoms with Gasteiger partial charge in [-0.3, -0.25) is 9.48 Å². The summed E-state index contributed by atoms with van der Waals surface area (Å²) in [5.74, 6) is -0.614. The molecule has 0 saturated heterocycles. The van der Waals surface area contributed by atoms with Gasteiger partial charge in [0, 0.05) is 17.4 Å². The standard InChI is InChI=1S/C20H18ClN3O3/c1-2-27-20(26)16-7-9-18(10-8-16)23-19(25)15-5-3-14(4-6-15)12-24-13-17(21)11-22-24/h3-11,13H,2,12H2,1H3,(H,23,25). The Kier molecular flexibility index (Phi) is 5.88. The van der Waals surface area contributed by atoms with E-state index < -0.39 is 0 Å². The van der Waals surface area contributed by atoms with Gasteiger partial charge in [0.05, 0.1) is 29.9 Å².